The molecular formula is C10H13N7S. The summed E-state index contributed by atoms with van der Waals surface area (Å²) < 4.78 is 1.65. The summed E-state index contributed by atoms with van der Waals surface area (Å²) in [7, 11) is 3.61. The quantitative estimate of drug-likeness (QED) is 0.852. The third-order valence-corrected chi connectivity index (χ3v) is 3.34. The maximum Gasteiger partial charge on any atom is 0.242 e. The van der Waals surface area contributed by atoms with Crippen LogP contribution in [0.3, 0.4) is 0 Å². The molecule has 0 aliphatic heterocycles. The number of hydrogen-bond donors (Lipinski definition) is 2. The summed E-state index contributed by atoms with van der Waals surface area (Å²) in [5.41, 5.74) is 0. The molecule has 0 unspecified atom stereocenters. The van der Waals surface area contributed by atoms with Crippen LogP contribution in [0.2, 0.25) is 0 Å². The first-order valence-electron chi connectivity index (χ1n) is 5.38. The van der Waals surface area contributed by atoms with Crippen molar-refractivity contribution in [3.05, 3.63) is 16.9 Å². The normalized spacial score (nSPS) is 12.1. The molecule has 0 aliphatic rings. The molecule has 0 aromatic carbocycles. The molecule has 2 aromatic heterocycles. The van der Waals surface area contributed by atoms with Gasteiger partial charge in [-0.05, 0) is 14.0 Å². The molecule has 0 radical (unpaired) electrons. The largest absolute Gasteiger partial charge is 0.356 e. The molecule has 2 N–H and O–H groups in total. The van der Waals surface area contributed by atoms with Crippen molar-refractivity contribution in [3.8, 4) is 11.2 Å². The number of hydrogen-bond acceptors (Lipinski definition) is 7. The lowest BCUT2D eigenvalue weighted by Gasteiger charge is -2.08. The molecule has 8 heteroatoms. The van der Waals surface area contributed by atoms with E-state index in [-0.39, 0.29) is 6.04 Å². The maximum absolute atomic E-state index is 8.82. The van der Waals surface area contributed by atoms with Crippen LogP contribution in [-0.2, 0) is 0 Å². The Labute approximate surface area is 108 Å². The average Bonchev–Trinajstić information content (AvgIpc) is 3.03. The van der Waals surface area contributed by atoms with Crippen LogP contribution in [0.25, 0.3) is 5.13 Å². The average molecular weight is 263 g/mol. The molecule has 94 valence electrons. The van der Waals surface area contributed by atoms with E-state index in [0.29, 0.717) is 16.0 Å². The molecule has 7 nitrogen and oxygen atoms in total. The second-order valence-electron chi connectivity index (χ2n) is 3.58. The molecule has 2 rings (SSSR count). The van der Waals surface area contributed by atoms with Gasteiger partial charge in [-0.3, -0.25) is 0 Å². The highest BCUT2D eigenvalue weighted by Gasteiger charge is 2.18. The zero-order valence-corrected chi connectivity index (χ0v) is 11.1. The third-order valence-electron chi connectivity index (χ3n) is 2.46. The van der Waals surface area contributed by atoms with E-state index in [9.17, 15) is 0 Å². The van der Waals surface area contributed by atoms with Crippen LogP contribution >= 0.6 is 11.3 Å². The molecule has 2 aromatic rings. The zero-order chi connectivity index (χ0) is 13.1. The van der Waals surface area contributed by atoms with Gasteiger partial charge in [-0.2, -0.15) is 14.9 Å². The fourth-order valence-electron chi connectivity index (χ4n) is 1.39. The Morgan fingerprint density at radius 3 is 2.83 bits per heavy atom. The number of anilines is 1. The molecule has 0 bridgehead atoms. The number of nitrogens with one attached hydrogen (secondary N) is 2. The Hall–Kier alpha value is -1.98. The lowest BCUT2D eigenvalue weighted by atomic mass is 10.3. The van der Waals surface area contributed by atoms with Crippen LogP contribution in [0.15, 0.2) is 6.20 Å². The van der Waals surface area contributed by atoms with Crippen molar-refractivity contribution in [2.45, 2.75) is 13.0 Å². The first-order valence-corrected chi connectivity index (χ1v) is 6.19. The minimum absolute atomic E-state index is 0.0361. The Morgan fingerprint density at radius 1 is 1.50 bits per heavy atom. The van der Waals surface area contributed by atoms with Gasteiger partial charge < -0.3 is 10.6 Å². The molecule has 1 atom stereocenters. The zero-order valence-electron chi connectivity index (χ0n) is 10.3. The van der Waals surface area contributed by atoms with Gasteiger partial charge in [-0.25, -0.2) is 4.98 Å². The van der Waals surface area contributed by atoms with Crippen LogP contribution in [-0.4, -0.2) is 33.8 Å². The Balaban J connectivity index is 2.48. The van der Waals surface area contributed by atoms with E-state index in [1.165, 1.54) is 17.5 Å². The highest BCUT2D eigenvalue weighted by Crippen LogP contribution is 2.21. The first kappa shape index (κ1) is 12.5. The van der Waals surface area contributed by atoms with Gasteiger partial charge in [0.1, 0.15) is 10.9 Å². The molecule has 0 fully saturated rings. The van der Waals surface area contributed by atoms with Gasteiger partial charge in [-0.15, -0.1) is 5.10 Å². The number of nitrogens with zero attached hydrogens (tertiary/aromatic N) is 5. The van der Waals surface area contributed by atoms with Gasteiger partial charge in [0.2, 0.25) is 11.1 Å². The van der Waals surface area contributed by atoms with Crippen molar-refractivity contribution in [2.24, 2.45) is 0 Å². The summed E-state index contributed by atoms with van der Waals surface area (Å²) in [5.74, 6) is 1.28. The summed E-state index contributed by atoms with van der Waals surface area (Å²) >= 11 is 1.28. The van der Waals surface area contributed by atoms with Crippen molar-refractivity contribution < 1.29 is 0 Å². The van der Waals surface area contributed by atoms with Crippen molar-refractivity contribution in [1.82, 2.24) is 25.1 Å². The van der Waals surface area contributed by atoms with Crippen LogP contribution < -0.4 is 10.6 Å². The molecule has 0 aliphatic carbocycles. The number of nitriles is 1. The second-order valence-corrected chi connectivity index (χ2v) is 4.59. The van der Waals surface area contributed by atoms with E-state index < -0.39 is 0 Å². The van der Waals surface area contributed by atoms with E-state index in [4.69, 9.17) is 5.26 Å². The van der Waals surface area contributed by atoms with E-state index >= 15 is 0 Å². The Bertz CT molecular complexity index is 579. The minimum Gasteiger partial charge on any atom is -0.356 e. The van der Waals surface area contributed by atoms with E-state index in [1.807, 2.05) is 14.0 Å². The third kappa shape index (κ3) is 2.18. The molecular weight excluding hydrogens is 250 g/mol. The van der Waals surface area contributed by atoms with Gasteiger partial charge in [-0.1, -0.05) is 11.3 Å². The van der Waals surface area contributed by atoms with E-state index in [2.05, 4.69) is 31.8 Å². The fourth-order valence-corrected chi connectivity index (χ4v) is 2.07. The van der Waals surface area contributed by atoms with Crippen molar-refractivity contribution in [2.75, 3.05) is 19.4 Å². The predicted octanol–water partition coefficient (Wildman–Crippen LogP) is 0.918. The topological polar surface area (TPSA) is 91.5 Å². The molecule has 2 heterocycles. The Morgan fingerprint density at radius 2 is 2.28 bits per heavy atom. The van der Waals surface area contributed by atoms with E-state index in [1.54, 1.807) is 11.7 Å². The van der Waals surface area contributed by atoms with Gasteiger partial charge in [0, 0.05) is 7.05 Å². The fraction of sp³-hybridized carbons (Fsp3) is 0.400. The number of thiazole rings is 1. The van der Waals surface area contributed by atoms with Crippen LogP contribution in [0, 0.1) is 11.3 Å². The second kappa shape index (κ2) is 5.12. The summed E-state index contributed by atoms with van der Waals surface area (Å²) in [6.45, 7) is 1.98. The smallest absolute Gasteiger partial charge is 0.242 e. The molecule has 0 amide bonds. The summed E-state index contributed by atoms with van der Waals surface area (Å²) in [6.07, 6.45) is 1.54. The molecule has 0 spiro atoms. The van der Waals surface area contributed by atoms with Crippen molar-refractivity contribution in [1.29, 1.82) is 5.26 Å². The highest BCUT2D eigenvalue weighted by atomic mass is 32.1. The Kier molecular flexibility index (Phi) is 3.55. The van der Waals surface area contributed by atoms with Gasteiger partial charge >= 0.3 is 0 Å². The van der Waals surface area contributed by atoms with Gasteiger partial charge in [0.25, 0.3) is 0 Å². The predicted molar refractivity (Wildman–Crippen MR) is 68.8 cm³/mol. The monoisotopic (exact) mass is 263 g/mol. The van der Waals surface area contributed by atoms with Crippen LogP contribution in [0.1, 0.15) is 23.7 Å². The highest BCUT2D eigenvalue weighted by molar-refractivity contribution is 7.14. The first-order chi connectivity index (χ1) is 8.69. The minimum atomic E-state index is 0.0361. The molecule has 0 saturated carbocycles. The van der Waals surface area contributed by atoms with Crippen LogP contribution in [0.4, 0.5) is 5.95 Å². The van der Waals surface area contributed by atoms with E-state index in [0.717, 1.165) is 5.82 Å². The molecule has 0 saturated heterocycles. The summed E-state index contributed by atoms with van der Waals surface area (Å²) in [6, 6.07) is 2.10. The van der Waals surface area contributed by atoms with Crippen molar-refractivity contribution in [3.63, 3.8) is 0 Å². The lowest BCUT2D eigenvalue weighted by Crippen LogP contribution is -2.17. The standard InChI is InChI=1S/C10H13N7S/c1-6(12-2)8-15-9(13-3)16-17(8)10-14-5-7(4-11)18-10/h5-6,12H,1-3H3,(H,13,16)/t6-/m0/s1. The summed E-state index contributed by atoms with van der Waals surface area (Å²) in [5, 5.41) is 19.8. The lowest BCUT2D eigenvalue weighted by molar-refractivity contribution is 0.588. The van der Waals surface area contributed by atoms with Gasteiger partial charge in [0.05, 0.1) is 12.2 Å². The SMILES string of the molecule is CNc1nc([C@H](C)NC)n(-c2ncc(C#N)s2)n1. The van der Waals surface area contributed by atoms with Crippen LogP contribution in [0.5, 0.6) is 0 Å². The van der Waals surface area contributed by atoms with Crippen molar-refractivity contribution >= 4 is 17.3 Å². The number of aromatic nitrogens is 4. The van der Waals surface area contributed by atoms with Gasteiger partial charge in [0.15, 0.2) is 5.82 Å². The number of rotatable bonds is 4. The molecule has 18 heavy (non-hydrogen) atoms. The maximum atomic E-state index is 8.82. The summed E-state index contributed by atoms with van der Waals surface area (Å²) in [4.78, 5) is 9.11.